The molecule has 0 saturated carbocycles. The van der Waals surface area contributed by atoms with Gasteiger partial charge in [-0.3, -0.25) is 19.3 Å². The molecule has 10 heteroatoms. The maximum Gasteiger partial charge on any atom is 0.289 e. The minimum absolute atomic E-state index is 0.228. The quantitative estimate of drug-likeness (QED) is 0.176. The summed E-state index contributed by atoms with van der Waals surface area (Å²) in [6.07, 6.45) is 5.99. The Morgan fingerprint density at radius 1 is 1.15 bits per heavy atom. The number of carbonyl (C=O) groups is 1. The van der Waals surface area contributed by atoms with Crippen LogP contribution in [0, 0.1) is 29.5 Å². The van der Waals surface area contributed by atoms with Gasteiger partial charge in [-0.15, -0.1) is 6.42 Å². The number of fused-ring (bicyclic) bond motifs is 3. The first-order valence-corrected chi connectivity index (χ1v) is 12.0. The molecule has 0 fully saturated rings. The van der Waals surface area contributed by atoms with Gasteiger partial charge in [0.1, 0.15) is 11.5 Å². The summed E-state index contributed by atoms with van der Waals surface area (Å²) >= 11 is 0. The topological polar surface area (TPSA) is 111 Å². The van der Waals surface area contributed by atoms with Crippen molar-refractivity contribution in [3.8, 4) is 41.2 Å². The number of hydrogen-bond acceptors (Lipinski definition) is 7. The Hall–Kier alpha value is -5.45. The first-order valence-electron chi connectivity index (χ1n) is 12.0. The van der Waals surface area contributed by atoms with E-state index in [9.17, 15) is 9.18 Å². The van der Waals surface area contributed by atoms with E-state index >= 15 is 0 Å². The molecule has 1 unspecified atom stereocenters. The normalized spacial score (nSPS) is 11.5. The van der Waals surface area contributed by atoms with Crippen molar-refractivity contribution in [3.05, 3.63) is 83.8 Å². The van der Waals surface area contributed by atoms with E-state index < -0.39 is 17.8 Å². The van der Waals surface area contributed by atoms with E-state index in [1.807, 2.05) is 31.3 Å². The number of pyridine rings is 1. The summed E-state index contributed by atoms with van der Waals surface area (Å²) in [7, 11) is 3.30. The molecule has 1 atom stereocenters. The fourth-order valence-corrected chi connectivity index (χ4v) is 4.35. The molecule has 5 aromatic rings. The minimum Gasteiger partial charge on any atom is -0.493 e. The van der Waals surface area contributed by atoms with E-state index in [1.165, 1.54) is 31.4 Å². The number of ether oxygens (including phenoxy) is 2. The molecule has 0 aliphatic rings. The Morgan fingerprint density at radius 3 is 2.58 bits per heavy atom. The van der Waals surface area contributed by atoms with E-state index in [1.54, 1.807) is 29.1 Å². The summed E-state index contributed by atoms with van der Waals surface area (Å²) < 4.78 is 27.1. The van der Waals surface area contributed by atoms with E-state index in [-0.39, 0.29) is 12.4 Å². The van der Waals surface area contributed by atoms with Gasteiger partial charge in [0.15, 0.2) is 18.1 Å². The smallest absolute Gasteiger partial charge is 0.289 e. The van der Waals surface area contributed by atoms with Crippen LogP contribution in [0.3, 0.4) is 0 Å². The van der Waals surface area contributed by atoms with Crippen LogP contribution >= 0.6 is 0 Å². The molecule has 5 rings (SSSR count). The highest BCUT2D eigenvalue weighted by molar-refractivity contribution is 6.12. The molecule has 0 bridgehead atoms. The van der Waals surface area contributed by atoms with Crippen LogP contribution in [0.25, 0.3) is 33.1 Å². The minimum atomic E-state index is -1.26. The Bertz CT molecular complexity index is 1800. The second-order valence-electron chi connectivity index (χ2n) is 8.70. The van der Waals surface area contributed by atoms with Crippen molar-refractivity contribution in [2.75, 3.05) is 13.7 Å². The average Bonchev–Trinajstić information content (AvgIpc) is 3.32. The van der Waals surface area contributed by atoms with Crippen LogP contribution in [0.5, 0.6) is 11.5 Å². The number of carbonyl (C=O) groups excluding carboxylic acids is 1. The lowest BCUT2D eigenvalue weighted by Gasteiger charge is -2.20. The molecular weight excluding hydrogens is 513 g/mol. The molecule has 2 heterocycles. The van der Waals surface area contributed by atoms with Crippen molar-refractivity contribution >= 4 is 27.7 Å². The first kappa shape index (κ1) is 26.2. The third kappa shape index (κ3) is 4.99. The third-order valence-electron chi connectivity index (χ3n) is 6.26. The predicted molar refractivity (Wildman–Crippen MR) is 145 cm³/mol. The van der Waals surface area contributed by atoms with Gasteiger partial charge in [-0.25, -0.2) is 9.87 Å². The second-order valence-corrected chi connectivity index (χ2v) is 8.70. The molecule has 0 aliphatic heterocycles. The largest absolute Gasteiger partial charge is 0.493 e. The van der Waals surface area contributed by atoms with Gasteiger partial charge in [-0.1, -0.05) is 30.2 Å². The molecule has 2 aromatic heterocycles. The van der Waals surface area contributed by atoms with Crippen LogP contribution in [0.15, 0.2) is 66.9 Å². The first-order chi connectivity index (χ1) is 19.4. The van der Waals surface area contributed by atoms with E-state index in [4.69, 9.17) is 31.1 Å². The molecule has 0 saturated heterocycles. The summed E-state index contributed by atoms with van der Waals surface area (Å²) in [6.45, 7) is -0.364. The van der Waals surface area contributed by atoms with Crippen LogP contribution in [0.2, 0.25) is 0 Å². The van der Waals surface area contributed by atoms with Crippen molar-refractivity contribution in [2.24, 2.45) is 7.05 Å². The highest BCUT2D eigenvalue weighted by atomic mass is 19.1. The van der Waals surface area contributed by atoms with Gasteiger partial charge in [0.05, 0.1) is 30.4 Å². The van der Waals surface area contributed by atoms with E-state index in [0.29, 0.717) is 27.9 Å². The number of nitrogens with zero attached hydrogens (tertiary/aromatic N) is 4. The number of terminal acetylenes is 1. The Labute approximate surface area is 228 Å². The van der Waals surface area contributed by atoms with E-state index in [2.05, 4.69) is 16.4 Å². The molecule has 0 spiro atoms. The number of aryl methyl sites for hydroxylation is 1. The van der Waals surface area contributed by atoms with Gasteiger partial charge in [0.2, 0.25) is 6.10 Å². The van der Waals surface area contributed by atoms with Gasteiger partial charge < -0.3 is 9.47 Å². The maximum atomic E-state index is 13.6. The van der Waals surface area contributed by atoms with Crippen molar-refractivity contribution in [1.29, 1.82) is 5.26 Å². The summed E-state index contributed by atoms with van der Waals surface area (Å²) in [6, 6.07) is 18.0. The number of halogens is 1. The molecule has 0 aliphatic carbocycles. The van der Waals surface area contributed by atoms with Gasteiger partial charge in [0, 0.05) is 40.6 Å². The summed E-state index contributed by atoms with van der Waals surface area (Å²) in [4.78, 5) is 22.5. The zero-order valence-electron chi connectivity index (χ0n) is 21.5. The SMILES string of the molecule is C#Cc1ccc(-c2nn(C)c3cnc4cc(OC)c(OC(C(=O)NOCC#N)c5ccc(F)cc5)cc4c23)cc1. The highest BCUT2D eigenvalue weighted by Crippen LogP contribution is 2.40. The Morgan fingerprint density at radius 2 is 1.90 bits per heavy atom. The van der Waals surface area contributed by atoms with Gasteiger partial charge in [0.25, 0.3) is 5.91 Å². The molecule has 40 heavy (non-hydrogen) atoms. The molecule has 1 amide bonds. The zero-order valence-corrected chi connectivity index (χ0v) is 21.5. The fourth-order valence-electron chi connectivity index (χ4n) is 4.35. The maximum absolute atomic E-state index is 13.6. The number of aromatic nitrogens is 3. The molecule has 198 valence electrons. The number of nitrogens with one attached hydrogen (secondary N) is 1. The van der Waals surface area contributed by atoms with E-state index in [0.717, 1.165) is 22.0 Å². The Balaban J connectivity index is 1.65. The molecule has 9 nitrogen and oxygen atoms in total. The number of rotatable bonds is 8. The number of nitriles is 1. The van der Waals surface area contributed by atoms with Gasteiger partial charge in [-0.05, 0) is 30.3 Å². The van der Waals surface area contributed by atoms with Crippen LogP contribution in [0.4, 0.5) is 4.39 Å². The molecule has 3 aromatic carbocycles. The fraction of sp³-hybridized carbons (Fsp3) is 0.133. The van der Waals surface area contributed by atoms with Crippen molar-refractivity contribution in [2.45, 2.75) is 6.10 Å². The molecule has 1 N–H and O–H groups in total. The monoisotopic (exact) mass is 535 g/mol. The predicted octanol–water partition coefficient (Wildman–Crippen LogP) is 4.61. The summed E-state index contributed by atoms with van der Waals surface area (Å²) in [5, 5.41) is 15.0. The highest BCUT2D eigenvalue weighted by Gasteiger charge is 2.26. The van der Waals surface area contributed by atoms with Crippen LogP contribution in [-0.2, 0) is 16.7 Å². The number of amides is 1. The lowest BCUT2D eigenvalue weighted by molar-refractivity contribution is -0.140. The summed E-state index contributed by atoms with van der Waals surface area (Å²) in [5.74, 6) is 1.99. The number of hydrogen-bond donors (Lipinski definition) is 1. The Kier molecular flexibility index (Phi) is 7.27. The van der Waals surface area contributed by atoms with Crippen LogP contribution < -0.4 is 15.0 Å². The zero-order chi connectivity index (χ0) is 28.2. The van der Waals surface area contributed by atoms with Gasteiger partial charge in [-0.2, -0.15) is 10.4 Å². The standard InChI is InChI=1S/C30H22FN5O4/c1-4-18-5-7-19(8-6-18)28-27-22-15-26(25(38-3)16-23(22)33-17-24(27)36(2)34-28)40-29(30(37)35-39-14-13-32)20-9-11-21(31)12-10-20/h1,5-12,15-17,29H,14H2,2-3H3,(H,35,37). The number of benzene rings is 3. The number of hydroxylamine groups is 1. The average molecular weight is 536 g/mol. The lowest BCUT2D eigenvalue weighted by Crippen LogP contribution is -2.32. The van der Waals surface area contributed by atoms with Crippen molar-refractivity contribution in [1.82, 2.24) is 20.2 Å². The number of methoxy groups -OCH3 is 1. The van der Waals surface area contributed by atoms with Crippen molar-refractivity contribution < 1.29 is 23.5 Å². The third-order valence-corrected chi connectivity index (χ3v) is 6.26. The van der Waals surface area contributed by atoms with Crippen LogP contribution in [0.1, 0.15) is 17.2 Å². The lowest BCUT2D eigenvalue weighted by atomic mass is 10.0. The second kappa shape index (κ2) is 11.1. The van der Waals surface area contributed by atoms with Gasteiger partial charge >= 0.3 is 0 Å². The van der Waals surface area contributed by atoms with Crippen LogP contribution in [-0.4, -0.2) is 34.4 Å². The van der Waals surface area contributed by atoms with Crippen molar-refractivity contribution in [3.63, 3.8) is 0 Å². The summed E-state index contributed by atoms with van der Waals surface area (Å²) in [5.41, 5.74) is 6.27. The molecule has 0 radical (unpaired) electrons. The molecular formula is C30H22FN5O4.